The number of aliphatic carboxylic acids is 1. The minimum absolute atomic E-state index is 0.0865. The average molecular weight is 379 g/mol. The minimum atomic E-state index is -0.941. The number of nitrogens with one attached hydrogen (secondary N) is 1. The van der Waals surface area contributed by atoms with E-state index in [9.17, 15) is 14.7 Å². The normalized spacial score (nSPS) is 10.6. The van der Waals surface area contributed by atoms with Crippen molar-refractivity contribution in [3.05, 3.63) is 76.6 Å². The predicted molar refractivity (Wildman–Crippen MR) is 104 cm³/mol. The predicted octanol–water partition coefficient (Wildman–Crippen LogP) is 2.75. The monoisotopic (exact) mass is 379 g/mol. The fourth-order valence-corrected chi connectivity index (χ4v) is 2.96. The molecule has 28 heavy (non-hydrogen) atoms. The second-order valence-corrected chi connectivity index (χ2v) is 6.55. The van der Waals surface area contributed by atoms with E-state index in [-0.39, 0.29) is 24.4 Å². The molecule has 0 radical (unpaired) electrons. The molecule has 0 unspecified atom stereocenters. The lowest BCUT2D eigenvalue weighted by Crippen LogP contribution is -2.24. The van der Waals surface area contributed by atoms with E-state index in [1.807, 2.05) is 32.0 Å². The summed E-state index contributed by atoms with van der Waals surface area (Å²) in [6.45, 7) is 4.06. The lowest BCUT2D eigenvalue weighted by molar-refractivity contribution is -0.136. The van der Waals surface area contributed by atoms with Gasteiger partial charge in [-0.25, -0.2) is 4.68 Å². The summed E-state index contributed by atoms with van der Waals surface area (Å²) in [4.78, 5) is 23.5. The summed E-state index contributed by atoms with van der Waals surface area (Å²) < 4.78 is 1.48. The van der Waals surface area contributed by atoms with Crippen LogP contribution in [0.4, 0.5) is 0 Å². The quantitative estimate of drug-likeness (QED) is 0.611. The number of nitrogens with zero attached hydrogens (tertiary/aromatic N) is 2. The van der Waals surface area contributed by atoms with Crippen molar-refractivity contribution < 1.29 is 19.8 Å². The first kappa shape index (κ1) is 19.2. The number of carboxylic acids is 1. The number of rotatable bonds is 6. The largest absolute Gasteiger partial charge is 0.504 e. The molecule has 0 saturated carbocycles. The molecule has 0 saturated heterocycles. The first-order valence-electron chi connectivity index (χ1n) is 8.79. The van der Waals surface area contributed by atoms with Gasteiger partial charge in [0.1, 0.15) is 0 Å². The number of aryl methyl sites for hydroxylation is 1. The van der Waals surface area contributed by atoms with Gasteiger partial charge in [-0.2, -0.15) is 5.10 Å². The lowest BCUT2D eigenvalue weighted by Gasteiger charge is -2.09. The van der Waals surface area contributed by atoms with Crippen LogP contribution in [0.1, 0.15) is 32.7 Å². The molecule has 0 atom stereocenters. The summed E-state index contributed by atoms with van der Waals surface area (Å²) in [5.41, 5.74) is 4.10. The summed E-state index contributed by atoms with van der Waals surface area (Å²) in [7, 11) is 0. The Hall–Kier alpha value is -3.61. The van der Waals surface area contributed by atoms with Gasteiger partial charge < -0.3 is 15.5 Å². The summed E-state index contributed by atoms with van der Waals surface area (Å²) in [5.74, 6) is -1.70. The molecular formula is C21H21N3O4. The van der Waals surface area contributed by atoms with E-state index in [2.05, 4.69) is 10.4 Å². The molecule has 1 amide bonds. The molecule has 1 aromatic heterocycles. The van der Waals surface area contributed by atoms with Crippen molar-refractivity contribution in [2.45, 2.75) is 26.8 Å². The van der Waals surface area contributed by atoms with E-state index in [4.69, 9.17) is 5.11 Å². The zero-order valence-corrected chi connectivity index (χ0v) is 15.6. The standard InChI is InChI=1S/C21H21N3O4/c1-13-6-5-9-17(14(13)2)24-12-18(25)20(23-24)21(28)22-11-16-8-4-3-7-15(16)10-19(26)27/h3-9,12,25H,10-11H2,1-2H3,(H,22,28)(H,26,27). The molecule has 3 aromatic rings. The second-order valence-electron chi connectivity index (χ2n) is 6.55. The number of aromatic hydroxyl groups is 1. The van der Waals surface area contributed by atoms with Gasteiger partial charge in [-0.3, -0.25) is 9.59 Å². The summed E-state index contributed by atoms with van der Waals surface area (Å²) >= 11 is 0. The average Bonchev–Trinajstić information content (AvgIpc) is 3.04. The van der Waals surface area contributed by atoms with Crippen LogP contribution in [0, 0.1) is 13.8 Å². The van der Waals surface area contributed by atoms with Crippen LogP contribution in [0.15, 0.2) is 48.7 Å². The second kappa shape index (κ2) is 7.96. The number of carboxylic acid groups (broad SMARTS) is 1. The van der Waals surface area contributed by atoms with E-state index in [0.29, 0.717) is 11.1 Å². The zero-order valence-electron chi connectivity index (χ0n) is 15.6. The highest BCUT2D eigenvalue weighted by Crippen LogP contribution is 2.22. The Morgan fingerprint density at radius 2 is 1.79 bits per heavy atom. The maximum Gasteiger partial charge on any atom is 0.307 e. The number of carbonyl (C=O) groups excluding carboxylic acids is 1. The smallest absolute Gasteiger partial charge is 0.307 e. The third-order valence-corrected chi connectivity index (χ3v) is 4.63. The highest BCUT2D eigenvalue weighted by molar-refractivity contribution is 5.94. The fraction of sp³-hybridized carbons (Fsp3) is 0.190. The molecule has 0 aliphatic heterocycles. The Labute approximate surface area is 162 Å². The number of hydrogen-bond donors (Lipinski definition) is 3. The van der Waals surface area contributed by atoms with Gasteiger partial charge in [0.25, 0.3) is 5.91 Å². The van der Waals surface area contributed by atoms with Crippen LogP contribution in [0.25, 0.3) is 5.69 Å². The van der Waals surface area contributed by atoms with Gasteiger partial charge in [0.05, 0.1) is 18.3 Å². The molecule has 2 aromatic carbocycles. The number of amides is 1. The van der Waals surface area contributed by atoms with Crippen molar-refractivity contribution in [3.8, 4) is 11.4 Å². The molecule has 0 spiro atoms. The Balaban J connectivity index is 1.79. The zero-order chi connectivity index (χ0) is 20.3. The topological polar surface area (TPSA) is 104 Å². The maximum absolute atomic E-state index is 12.5. The molecule has 0 aliphatic carbocycles. The van der Waals surface area contributed by atoms with Crippen molar-refractivity contribution in [2.75, 3.05) is 0 Å². The van der Waals surface area contributed by atoms with E-state index < -0.39 is 11.9 Å². The van der Waals surface area contributed by atoms with Gasteiger partial charge in [-0.15, -0.1) is 0 Å². The number of benzene rings is 2. The van der Waals surface area contributed by atoms with Crippen molar-refractivity contribution in [1.29, 1.82) is 0 Å². The van der Waals surface area contributed by atoms with E-state index in [1.165, 1.54) is 10.9 Å². The molecule has 7 nitrogen and oxygen atoms in total. The third-order valence-electron chi connectivity index (χ3n) is 4.63. The van der Waals surface area contributed by atoms with Crippen LogP contribution >= 0.6 is 0 Å². The summed E-state index contributed by atoms with van der Waals surface area (Å²) in [5, 5.41) is 26.1. The van der Waals surface area contributed by atoms with Crippen LogP contribution in [0.2, 0.25) is 0 Å². The molecule has 3 rings (SSSR count). The molecule has 3 N–H and O–H groups in total. The van der Waals surface area contributed by atoms with E-state index in [1.54, 1.807) is 24.3 Å². The van der Waals surface area contributed by atoms with Gasteiger partial charge in [-0.05, 0) is 42.2 Å². The third kappa shape index (κ3) is 4.03. The van der Waals surface area contributed by atoms with Gasteiger partial charge >= 0.3 is 5.97 Å². The highest BCUT2D eigenvalue weighted by atomic mass is 16.4. The van der Waals surface area contributed by atoms with E-state index >= 15 is 0 Å². The van der Waals surface area contributed by atoms with Crippen molar-refractivity contribution in [2.24, 2.45) is 0 Å². The van der Waals surface area contributed by atoms with Crippen LogP contribution in [-0.2, 0) is 17.8 Å². The SMILES string of the molecule is Cc1cccc(-n2cc(O)c(C(=O)NCc3ccccc3CC(=O)O)n2)c1C. The van der Waals surface area contributed by atoms with Crippen molar-refractivity contribution >= 4 is 11.9 Å². The van der Waals surface area contributed by atoms with Gasteiger partial charge in [0, 0.05) is 6.54 Å². The molecular weight excluding hydrogens is 358 g/mol. The highest BCUT2D eigenvalue weighted by Gasteiger charge is 2.18. The molecule has 0 bridgehead atoms. The Kier molecular flexibility index (Phi) is 5.44. The number of aromatic nitrogens is 2. The molecule has 144 valence electrons. The summed E-state index contributed by atoms with van der Waals surface area (Å²) in [6.07, 6.45) is 1.27. The van der Waals surface area contributed by atoms with Crippen LogP contribution in [0.3, 0.4) is 0 Å². The van der Waals surface area contributed by atoms with E-state index in [0.717, 1.165) is 16.8 Å². The van der Waals surface area contributed by atoms with Crippen molar-refractivity contribution in [1.82, 2.24) is 15.1 Å². The van der Waals surface area contributed by atoms with Gasteiger partial charge in [-0.1, -0.05) is 36.4 Å². The molecule has 0 aliphatic rings. The van der Waals surface area contributed by atoms with Crippen LogP contribution in [-0.4, -0.2) is 31.9 Å². The van der Waals surface area contributed by atoms with Crippen molar-refractivity contribution in [3.63, 3.8) is 0 Å². The number of hydrogen-bond acceptors (Lipinski definition) is 4. The Morgan fingerprint density at radius 3 is 2.50 bits per heavy atom. The first-order valence-corrected chi connectivity index (χ1v) is 8.79. The van der Waals surface area contributed by atoms with Gasteiger partial charge in [0.15, 0.2) is 11.4 Å². The number of carbonyl (C=O) groups is 2. The molecule has 7 heteroatoms. The van der Waals surface area contributed by atoms with Crippen LogP contribution < -0.4 is 5.32 Å². The fourth-order valence-electron chi connectivity index (χ4n) is 2.96. The minimum Gasteiger partial charge on any atom is -0.504 e. The Morgan fingerprint density at radius 1 is 1.07 bits per heavy atom. The Bertz CT molecular complexity index is 1040. The maximum atomic E-state index is 12.5. The first-order chi connectivity index (χ1) is 13.4. The lowest BCUT2D eigenvalue weighted by atomic mass is 10.0. The van der Waals surface area contributed by atoms with Gasteiger partial charge in [0.2, 0.25) is 0 Å². The molecule has 1 heterocycles. The summed E-state index contributed by atoms with van der Waals surface area (Å²) in [6, 6.07) is 12.7. The van der Waals surface area contributed by atoms with Crippen LogP contribution in [0.5, 0.6) is 5.75 Å². The molecule has 0 fully saturated rings.